The summed E-state index contributed by atoms with van der Waals surface area (Å²) in [6, 6.07) is 4.42. The fourth-order valence-electron chi connectivity index (χ4n) is 3.98. The third-order valence-electron chi connectivity index (χ3n) is 5.70. The van der Waals surface area contributed by atoms with Crippen molar-refractivity contribution < 1.29 is 32.3 Å². The summed E-state index contributed by atoms with van der Waals surface area (Å²) in [5.41, 5.74) is 2.56. The van der Waals surface area contributed by atoms with Crippen LogP contribution in [0.2, 0.25) is 0 Å². The van der Waals surface area contributed by atoms with Gasteiger partial charge in [-0.25, -0.2) is 0 Å². The number of hydrogen-bond donors (Lipinski definition) is 2. The average molecular weight is 451 g/mol. The number of carbonyl (C=O) groups is 3. The lowest BCUT2D eigenvalue weighted by Gasteiger charge is -2.46. The largest absolute Gasteiger partial charge is 0.490 e. The highest BCUT2D eigenvalue weighted by molar-refractivity contribution is 6.13. The third kappa shape index (κ3) is 4.33. The maximum absolute atomic E-state index is 14.7. The van der Waals surface area contributed by atoms with Crippen LogP contribution in [0.5, 0.6) is 5.75 Å². The smallest absolute Gasteiger partial charge is 0.417 e. The van der Waals surface area contributed by atoms with Crippen LogP contribution in [0.1, 0.15) is 15.9 Å². The van der Waals surface area contributed by atoms with Gasteiger partial charge < -0.3 is 15.8 Å². The van der Waals surface area contributed by atoms with Crippen LogP contribution in [0.3, 0.4) is 0 Å². The third-order valence-corrected chi connectivity index (χ3v) is 5.70. The van der Waals surface area contributed by atoms with Crippen LogP contribution in [0.4, 0.5) is 13.2 Å². The molecular formula is C22H24F3N3O4. The molecule has 1 aliphatic carbocycles. The lowest BCUT2D eigenvalue weighted by molar-refractivity contribution is -0.237. The molecule has 10 heteroatoms. The molecule has 172 valence electrons. The van der Waals surface area contributed by atoms with Gasteiger partial charge in [-0.05, 0) is 24.6 Å². The van der Waals surface area contributed by atoms with Gasteiger partial charge in [0.05, 0.1) is 5.56 Å². The van der Waals surface area contributed by atoms with Gasteiger partial charge in [-0.15, -0.1) is 0 Å². The summed E-state index contributed by atoms with van der Waals surface area (Å²) < 4.78 is 49.8. The number of Topliss-reactive ketones (excluding diaryl/α,β-unsaturated/α-hetero) is 1. The zero-order valence-corrected chi connectivity index (χ0v) is 17.4. The number of alkyl halides is 3. The molecule has 1 aromatic rings. The van der Waals surface area contributed by atoms with Gasteiger partial charge in [-0.3, -0.25) is 19.3 Å². The SMILES string of the molecule is Cc1cccc(C(N)=O)c1OCC(C(=O)C1C=CC=CC1=O)(N1CCNCC1)C(F)(F)F. The minimum atomic E-state index is -5.06. The topological polar surface area (TPSA) is 102 Å². The van der Waals surface area contributed by atoms with Crippen molar-refractivity contribution in [3.05, 3.63) is 53.6 Å². The Labute approximate surface area is 183 Å². The Balaban J connectivity index is 2.09. The first kappa shape index (κ1) is 23.7. The predicted molar refractivity (Wildman–Crippen MR) is 110 cm³/mol. The predicted octanol–water partition coefficient (Wildman–Crippen LogP) is 1.56. The summed E-state index contributed by atoms with van der Waals surface area (Å²) in [5.74, 6) is -4.62. The quantitative estimate of drug-likeness (QED) is 0.611. The molecule has 3 N–H and O–H groups in total. The molecule has 1 aliphatic heterocycles. The molecule has 0 spiro atoms. The molecule has 1 aromatic carbocycles. The van der Waals surface area contributed by atoms with E-state index < -0.39 is 41.7 Å². The molecule has 1 fully saturated rings. The number of carbonyl (C=O) groups excluding carboxylic acids is 3. The Morgan fingerprint density at radius 2 is 1.91 bits per heavy atom. The van der Waals surface area contributed by atoms with E-state index in [9.17, 15) is 27.6 Å². The number of aryl methyl sites for hydroxylation is 1. The van der Waals surface area contributed by atoms with Crippen molar-refractivity contribution in [2.45, 2.75) is 18.6 Å². The van der Waals surface area contributed by atoms with E-state index >= 15 is 0 Å². The molecule has 3 rings (SSSR count). The van der Waals surface area contributed by atoms with Crippen LogP contribution < -0.4 is 15.8 Å². The second kappa shape index (κ2) is 9.25. The van der Waals surface area contributed by atoms with Crippen molar-refractivity contribution in [2.24, 2.45) is 11.7 Å². The van der Waals surface area contributed by atoms with E-state index in [1.54, 1.807) is 13.0 Å². The number of para-hydroxylation sites is 1. The van der Waals surface area contributed by atoms with Crippen LogP contribution in [0, 0.1) is 12.8 Å². The lowest BCUT2D eigenvalue weighted by Crippen LogP contribution is -2.71. The first-order valence-corrected chi connectivity index (χ1v) is 10.1. The molecule has 1 amide bonds. The fraction of sp³-hybridized carbons (Fsp3) is 0.409. The molecule has 0 bridgehead atoms. The number of hydrogen-bond acceptors (Lipinski definition) is 6. The van der Waals surface area contributed by atoms with E-state index in [1.807, 2.05) is 0 Å². The Hall–Kier alpha value is -2.98. The average Bonchev–Trinajstić information content (AvgIpc) is 2.74. The number of nitrogens with two attached hydrogens (primary N) is 1. The first-order chi connectivity index (χ1) is 15.1. The Kier molecular flexibility index (Phi) is 6.85. The number of benzene rings is 1. The number of nitrogens with one attached hydrogen (secondary N) is 1. The molecule has 0 radical (unpaired) electrons. The summed E-state index contributed by atoms with van der Waals surface area (Å²) in [6.45, 7) is 0.744. The number of piperazine rings is 1. The van der Waals surface area contributed by atoms with Gasteiger partial charge in [0.2, 0.25) is 5.54 Å². The Morgan fingerprint density at radius 3 is 2.50 bits per heavy atom. The molecule has 2 atom stereocenters. The second-order valence-electron chi connectivity index (χ2n) is 7.69. The van der Waals surface area contributed by atoms with Crippen LogP contribution in [0.15, 0.2) is 42.5 Å². The number of amides is 1. The van der Waals surface area contributed by atoms with Gasteiger partial charge in [0, 0.05) is 26.2 Å². The maximum Gasteiger partial charge on any atom is 0.417 e. The van der Waals surface area contributed by atoms with Crippen molar-refractivity contribution in [3.8, 4) is 5.75 Å². The van der Waals surface area contributed by atoms with Crippen molar-refractivity contribution in [1.82, 2.24) is 10.2 Å². The Morgan fingerprint density at radius 1 is 1.22 bits per heavy atom. The lowest BCUT2D eigenvalue weighted by atomic mass is 9.80. The molecular weight excluding hydrogens is 427 g/mol. The van der Waals surface area contributed by atoms with Crippen LogP contribution in [0.25, 0.3) is 0 Å². The van der Waals surface area contributed by atoms with E-state index in [-0.39, 0.29) is 37.5 Å². The van der Waals surface area contributed by atoms with Crippen molar-refractivity contribution in [1.29, 1.82) is 0 Å². The number of nitrogens with zero attached hydrogens (tertiary/aromatic N) is 1. The highest BCUT2D eigenvalue weighted by atomic mass is 19.4. The molecule has 1 heterocycles. The first-order valence-electron chi connectivity index (χ1n) is 10.1. The highest BCUT2D eigenvalue weighted by Crippen LogP contribution is 2.40. The number of rotatable bonds is 7. The fourth-order valence-corrected chi connectivity index (χ4v) is 3.98. The normalized spacial score (nSPS) is 21.2. The highest BCUT2D eigenvalue weighted by Gasteiger charge is 2.66. The second-order valence-corrected chi connectivity index (χ2v) is 7.69. The van der Waals surface area contributed by atoms with E-state index in [0.717, 1.165) is 17.1 Å². The molecule has 0 saturated carbocycles. The summed E-state index contributed by atoms with van der Waals surface area (Å²) in [4.78, 5) is 38.5. The summed E-state index contributed by atoms with van der Waals surface area (Å²) >= 11 is 0. The van der Waals surface area contributed by atoms with Gasteiger partial charge in [-0.2, -0.15) is 13.2 Å². The van der Waals surface area contributed by atoms with E-state index in [0.29, 0.717) is 5.56 Å². The maximum atomic E-state index is 14.7. The van der Waals surface area contributed by atoms with E-state index in [4.69, 9.17) is 10.5 Å². The standard InChI is InChI=1S/C22H24F3N3O4/c1-14-5-4-7-16(20(26)31)18(14)32-13-21(22(23,24)25,28-11-9-27-10-12-28)19(30)15-6-2-3-8-17(15)29/h2-8,15,27H,9-13H2,1H3,(H2,26,31). The molecule has 7 nitrogen and oxygen atoms in total. The monoisotopic (exact) mass is 451 g/mol. The van der Waals surface area contributed by atoms with Gasteiger partial charge in [0.25, 0.3) is 5.91 Å². The van der Waals surface area contributed by atoms with Crippen LogP contribution in [-0.2, 0) is 9.59 Å². The van der Waals surface area contributed by atoms with Gasteiger partial charge in [0.15, 0.2) is 11.6 Å². The van der Waals surface area contributed by atoms with Gasteiger partial charge in [-0.1, -0.05) is 30.4 Å². The summed E-state index contributed by atoms with van der Waals surface area (Å²) in [5, 5.41) is 2.96. The summed E-state index contributed by atoms with van der Waals surface area (Å²) in [6.07, 6.45) is -0.0808. The number of ketones is 2. The summed E-state index contributed by atoms with van der Waals surface area (Å²) in [7, 11) is 0. The zero-order valence-electron chi connectivity index (χ0n) is 17.4. The Bertz CT molecular complexity index is 968. The van der Waals surface area contributed by atoms with Crippen LogP contribution in [-0.4, -0.2) is 66.9 Å². The molecule has 2 aliphatic rings. The molecule has 32 heavy (non-hydrogen) atoms. The zero-order chi connectivity index (χ0) is 23.5. The van der Waals surface area contributed by atoms with E-state index in [1.165, 1.54) is 24.3 Å². The molecule has 1 saturated heterocycles. The number of ether oxygens (including phenoxy) is 1. The van der Waals surface area contributed by atoms with Crippen molar-refractivity contribution >= 4 is 17.5 Å². The minimum absolute atomic E-state index is 0.0779. The van der Waals surface area contributed by atoms with Gasteiger partial charge in [0.1, 0.15) is 18.3 Å². The van der Waals surface area contributed by atoms with E-state index in [2.05, 4.69) is 5.32 Å². The van der Waals surface area contributed by atoms with Crippen molar-refractivity contribution in [3.63, 3.8) is 0 Å². The van der Waals surface area contributed by atoms with Crippen LogP contribution >= 0.6 is 0 Å². The molecule has 2 unspecified atom stereocenters. The number of halogens is 3. The molecule has 0 aromatic heterocycles. The minimum Gasteiger partial charge on any atom is -0.490 e. The number of allylic oxidation sites excluding steroid dienone is 4. The van der Waals surface area contributed by atoms with Gasteiger partial charge >= 0.3 is 6.18 Å². The number of primary amides is 1. The van der Waals surface area contributed by atoms with Crippen molar-refractivity contribution in [2.75, 3.05) is 32.8 Å².